The van der Waals surface area contributed by atoms with Crippen molar-refractivity contribution in [1.29, 1.82) is 0 Å². The van der Waals surface area contributed by atoms with Crippen molar-refractivity contribution in [3.05, 3.63) is 35.4 Å². The third-order valence-corrected chi connectivity index (χ3v) is 8.14. The molecule has 5 fully saturated rings. The monoisotopic (exact) mass is 309 g/mol. The van der Waals surface area contributed by atoms with Crippen molar-refractivity contribution >= 4 is 5.91 Å². The fraction of sp³-hybridized carbons (Fsp3) is 0.650. The number of carbonyl (C=O) groups excluding carboxylic acids is 1. The summed E-state index contributed by atoms with van der Waals surface area (Å²) in [5.74, 6) is 3.01. The van der Waals surface area contributed by atoms with Gasteiger partial charge >= 0.3 is 0 Å². The molecule has 0 radical (unpaired) electrons. The summed E-state index contributed by atoms with van der Waals surface area (Å²) < 4.78 is 0. The van der Waals surface area contributed by atoms with Crippen LogP contribution >= 0.6 is 0 Å². The van der Waals surface area contributed by atoms with E-state index >= 15 is 0 Å². The van der Waals surface area contributed by atoms with Crippen LogP contribution in [0.4, 0.5) is 0 Å². The van der Waals surface area contributed by atoms with Gasteiger partial charge in [-0.1, -0.05) is 18.2 Å². The maximum absolute atomic E-state index is 12.5. The Bertz CT molecular complexity index is 714. The number of hydrogen-bond donors (Lipinski definition) is 2. The molecule has 1 amide bonds. The van der Waals surface area contributed by atoms with Crippen molar-refractivity contribution in [3.8, 4) is 0 Å². The summed E-state index contributed by atoms with van der Waals surface area (Å²) in [6.07, 6.45) is 6.60. The number of rotatable bonds is 0. The van der Waals surface area contributed by atoms with Gasteiger partial charge in [-0.3, -0.25) is 4.79 Å². The van der Waals surface area contributed by atoms with Crippen LogP contribution in [-0.2, 0) is 5.60 Å². The molecule has 1 aliphatic heterocycles. The molecule has 23 heavy (non-hydrogen) atoms. The second-order valence-corrected chi connectivity index (χ2v) is 8.95. The van der Waals surface area contributed by atoms with Gasteiger partial charge in [-0.15, -0.1) is 0 Å². The van der Waals surface area contributed by atoms with Crippen molar-refractivity contribution in [2.24, 2.45) is 35.0 Å². The van der Waals surface area contributed by atoms with Gasteiger partial charge in [-0.25, -0.2) is 0 Å². The second-order valence-electron chi connectivity index (χ2n) is 8.95. The number of aliphatic hydroxyl groups is 1. The van der Waals surface area contributed by atoms with Gasteiger partial charge in [0.2, 0.25) is 0 Å². The maximum Gasteiger partial charge on any atom is 0.251 e. The molecular weight excluding hydrogens is 286 g/mol. The van der Waals surface area contributed by atoms with Gasteiger partial charge in [0.25, 0.3) is 5.91 Å². The average Bonchev–Trinajstić information content (AvgIpc) is 2.61. The van der Waals surface area contributed by atoms with E-state index in [4.69, 9.17) is 0 Å². The summed E-state index contributed by atoms with van der Waals surface area (Å²) >= 11 is 0. The summed E-state index contributed by atoms with van der Waals surface area (Å²) in [6, 6.07) is 7.78. The molecule has 0 saturated heterocycles. The predicted molar refractivity (Wildman–Crippen MR) is 85.6 cm³/mol. The quantitative estimate of drug-likeness (QED) is 0.774. The summed E-state index contributed by atoms with van der Waals surface area (Å²) in [4.78, 5) is 12.5. The lowest BCUT2D eigenvalue weighted by Gasteiger charge is -2.76. The molecule has 1 heterocycles. The molecule has 2 N–H and O–H groups in total. The molecule has 7 rings (SSSR count). The van der Waals surface area contributed by atoms with Crippen LogP contribution in [0.1, 0.15) is 48.0 Å². The lowest BCUT2D eigenvalue weighted by atomic mass is 9.29. The number of hydrogen-bond acceptors (Lipinski definition) is 2. The van der Waals surface area contributed by atoms with Crippen LogP contribution in [0.5, 0.6) is 0 Å². The molecule has 0 aromatic heterocycles. The Hall–Kier alpha value is -1.35. The van der Waals surface area contributed by atoms with E-state index in [2.05, 4.69) is 5.32 Å². The molecule has 2 unspecified atom stereocenters. The average molecular weight is 309 g/mol. The van der Waals surface area contributed by atoms with Crippen molar-refractivity contribution in [3.63, 3.8) is 0 Å². The van der Waals surface area contributed by atoms with Gasteiger partial charge in [-0.05, 0) is 66.9 Å². The molecule has 5 aliphatic carbocycles. The van der Waals surface area contributed by atoms with Gasteiger partial charge in [0.15, 0.2) is 0 Å². The summed E-state index contributed by atoms with van der Waals surface area (Å²) in [5, 5.41) is 15.0. The first-order valence-corrected chi connectivity index (χ1v) is 9.23. The van der Waals surface area contributed by atoms with E-state index in [-0.39, 0.29) is 11.8 Å². The first-order valence-electron chi connectivity index (χ1n) is 9.23. The van der Waals surface area contributed by atoms with E-state index in [1.54, 1.807) is 0 Å². The molecule has 5 saturated carbocycles. The molecule has 1 aromatic carbocycles. The van der Waals surface area contributed by atoms with E-state index in [9.17, 15) is 9.90 Å². The highest BCUT2D eigenvalue weighted by Crippen LogP contribution is 2.78. The molecule has 3 nitrogen and oxygen atoms in total. The van der Waals surface area contributed by atoms with E-state index < -0.39 is 5.60 Å². The van der Waals surface area contributed by atoms with E-state index in [0.29, 0.717) is 29.4 Å². The van der Waals surface area contributed by atoms with Crippen LogP contribution in [0.2, 0.25) is 0 Å². The van der Waals surface area contributed by atoms with E-state index in [1.165, 1.54) is 32.1 Å². The van der Waals surface area contributed by atoms with Crippen LogP contribution in [0.15, 0.2) is 24.3 Å². The van der Waals surface area contributed by atoms with Gasteiger partial charge in [-0.2, -0.15) is 0 Å². The Balaban J connectivity index is 1.56. The summed E-state index contributed by atoms with van der Waals surface area (Å²) in [6.45, 7) is 0.646. The highest BCUT2D eigenvalue weighted by atomic mass is 16.3. The van der Waals surface area contributed by atoms with Crippen molar-refractivity contribution in [2.75, 3.05) is 6.54 Å². The van der Waals surface area contributed by atoms with Crippen LogP contribution < -0.4 is 5.32 Å². The topological polar surface area (TPSA) is 49.3 Å². The molecule has 3 heteroatoms. The van der Waals surface area contributed by atoms with Gasteiger partial charge in [0.1, 0.15) is 0 Å². The first kappa shape index (κ1) is 13.0. The molecule has 4 bridgehead atoms. The Labute approximate surface area is 136 Å². The zero-order chi connectivity index (χ0) is 15.4. The Kier molecular flexibility index (Phi) is 2.16. The molecule has 5 atom stereocenters. The number of fused-ring (bicyclic) bond motifs is 3. The number of amides is 1. The molecular formula is C20H23NO2. The van der Waals surface area contributed by atoms with Gasteiger partial charge in [0, 0.05) is 23.9 Å². The number of nitrogens with one attached hydrogen (secondary N) is 1. The lowest BCUT2D eigenvalue weighted by Crippen LogP contribution is -2.76. The molecule has 1 spiro atoms. The molecule has 120 valence electrons. The number of carbonyl (C=O) groups is 1. The van der Waals surface area contributed by atoms with Crippen molar-refractivity contribution < 1.29 is 9.90 Å². The normalized spacial score (nSPS) is 51.9. The minimum atomic E-state index is -0.784. The van der Waals surface area contributed by atoms with Gasteiger partial charge in [0.05, 0.1) is 5.60 Å². The Morgan fingerprint density at radius 3 is 2.61 bits per heavy atom. The van der Waals surface area contributed by atoms with Crippen LogP contribution in [0.25, 0.3) is 0 Å². The molecule has 1 aromatic rings. The summed E-state index contributed by atoms with van der Waals surface area (Å²) in [7, 11) is 0. The lowest BCUT2D eigenvalue weighted by molar-refractivity contribution is -0.336. The first-order chi connectivity index (χ1) is 11.1. The predicted octanol–water partition coefficient (Wildman–Crippen LogP) is 2.69. The van der Waals surface area contributed by atoms with Crippen LogP contribution in [-0.4, -0.2) is 17.6 Å². The maximum atomic E-state index is 12.5. The highest BCUT2D eigenvalue weighted by Gasteiger charge is 2.77. The van der Waals surface area contributed by atoms with E-state index in [0.717, 1.165) is 17.4 Å². The Morgan fingerprint density at radius 1 is 1.09 bits per heavy atom. The third kappa shape index (κ3) is 1.29. The van der Waals surface area contributed by atoms with Gasteiger partial charge < -0.3 is 10.4 Å². The highest BCUT2D eigenvalue weighted by molar-refractivity contribution is 5.96. The van der Waals surface area contributed by atoms with E-state index in [1.807, 2.05) is 24.3 Å². The smallest absolute Gasteiger partial charge is 0.251 e. The molecule has 6 aliphatic rings. The zero-order valence-corrected chi connectivity index (χ0v) is 13.3. The summed E-state index contributed by atoms with van der Waals surface area (Å²) in [5.41, 5.74) is 1.12. The SMILES string of the molecule is O=C1NC[C@@H]2C34CC5CC(CC(C5)[C@H]3[C@]2(O)c2ccccc21)C4. The standard InChI is InChI=1S/C20H23NO2/c22-18-14-3-1-2-4-15(14)20(23)16(10-21-18)19-8-11-5-12(9-19)7-13(6-11)17(19)20/h1-4,11-13,16-17,23H,5-10H2,(H,21,22)/t11?,12?,13?,16-,17-,19?,20+/m1/s1. The largest absolute Gasteiger partial charge is 0.384 e. The van der Waals surface area contributed by atoms with Crippen molar-refractivity contribution in [1.82, 2.24) is 5.32 Å². The zero-order valence-electron chi connectivity index (χ0n) is 13.3. The fourth-order valence-electron chi connectivity index (χ4n) is 8.00. The third-order valence-electron chi connectivity index (χ3n) is 8.14. The van der Waals surface area contributed by atoms with Crippen LogP contribution in [0, 0.1) is 35.0 Å². The number of benzene rings is 1. The second kappa shape index (κ2) is 3.83. The fourth-order valence-corrected chi connectivity index (χ4v) is 8.00. The van der Waals surface area contributed by atoms with Crippen molar-refractivity contribution in [2.45, 2.75) is 37.7 Å². The van der Waals surface area contributed by atoms with Crippen LogP contribution in [0.3, 0.4) is 0 Å². The minimum Gasteiger partial charge on any atom is -0.384 e. The minimum absolute atomic E-state index is 0.00345. The Morgan fingerprint density at radius 2 is 1.83 bits per heavy atom.